The van der Waals surface area contributed by atoms with Gasteiger partial charge in [0.25, 0.3) is 0 Å². The Morgan fingerprint density at radius 1 is 1.10 bits per heavy atom. The number of nitrogens with two attached hydrogens (primary N) is 1. The lowest BCUT2D eigenvalue weighted by molar-refractivity contribution is 0.474. The average Bonchev–Trinajstić information content (AvgIpc) is 2.48. The van der Waals surface area contributed by atoms with Gasteiger partial charge in [-0.1, -0.05) is 54.2 Å². The summed E-state index contributed by atoms with van der Waals surface area (Å²) < 4.78 is 0. The Bertz CT molecular complexity index is 612. The zero-order chi connectivity index (χ0) is 14.2. The summed E-state index contributed by atoms with van der Waals surface area (Å²) in [4.78, 5) is 0. The van der Waals surface area contributed by atoms with Gasteiger partial charge in [0.15, 0.2) is 5.17 Å². The van der Waals surface area contributed by atoms with Gasteiger partial charge in [0.1, 0.15) is 5.75 Å². The molecule has 2 aromatic carbocycles. The molecule has 0 heterocycles. The van der Waals surface area contributed by atoms with Crippen LogP contribution >= 0.6 is 11.8 Å². The molecule has 0 unspecified atom stereocenters. The summed E-state index contributed by atoms with van der Waals surface area (Å²) in [7, 11) is 0. The SMILES string of the molecule is N/C(=N\N=C/c1ccccc1O)SCc1ccccc1. The summed E-state index contributed by atoms with van der Waals surface area (Å²) in [6, 6.07) is 16.9. The van der Waals surface area contributed by atoms with E-state index in [-0.39, 0.29) is 5.75 Å². The largest absolute Gasteiger partial charge is 0.507 e. The standard InChI is InChI=1S/C15H15N3OS/c16-15(20-11-12-6-2-1-3-7-12)18-17-10-13-8-4-5-9-14(13)19/h1-10,19H,11H2,(H2,16,18)/b17-10-. The van der Waals surface area contributed by atoms with Crippen molar-refractivity contribution < 1.29 is 5.11 Å². The maximum Gasteiger partial charge on any atom is 0.180 e. The lowest BCUT2D eigenvalue weighted by atomic mass is 10.2. The van der Waals surface area contributed by atoms with Crippen LogP contribution in [0.25, 0.3) is 0 Å². The molecule has 0 aliphatic rings. The maximum absolute atomic E-state index is 9.55. The van der Waals surface area contributed by atoms with E-state index in [9.17, 15) is 5.11 Å². The van der Waals surface area contributed by atoms with Crippen molar-refractivity contribution in [1.82, 2.24) is 0 Å². The van der Waals surface area contributed by atoms with Gasteiger partial charge in [0.05, 0.1) is 6.21 Å². The molecule has 0 saturated carbocycles. The van der Waals surface area contributed by atoms with Crippen LogP contribution in [0.3, 0.4) is 0 Å². The Kier molecular flexibility index (Phi) is 5.20. The molecule has 0 radical (unpaired) electrons. The third-order valence-corrected chi connectivity index (χ3v) is 3.37. The fraction of sp³-hybridized carbons (Fsp3) is 0.0667. The van der Waals surface area contributed by atoms with E-state index in [1.54, 1.807) is 18.2 Å². The molecule has 2 rings (SSSR count). The number of para-hydroxylation sites is 1. The van der Waals surface area contributed by atoms with Crippen LogP contribution in [0.15, 0.2) is 64.8 Å². The zero-order valence-electron chi connectivity index (χ0n) is 10.8. The van der Waals surface area contributed by atoms with Gasteiger partial charge in [-0.3, -0.25) is 0 Å². The van der Waals surface area contributed by atoms with Crippen LogP contribution in [0.4, 0.5) is 0 Å². The summed E-state index contributed by atoms with van der Waals surface area (Å²) in [5.74, 6) is 0.921. The molecular weight excluding hydrogens is 270 g/mol. The second-order valence-electron chi connectivity index (χ2n) is 4.02. The topological polar surface area (TPSA) is 71.0 Å². The quantitative estimate of drug-likeness (QED) is 0.515. The molecule has 0 aliphatic carbocycles. The highest BCUT2D eigenvalue weighted by atomic mass is 32.2. The minimum atomic E-state index is 0.168. The molecule has 0 atom stereocenters. The minimum absolute atomic E-state index is 0.168. The molecule has 5 heteroatoms. The van der Waals surface area contributed by atoms with Crippen molar-refractivity contribution in [2.24, 2.45) is 15.9 Å². The predicted molar refractivity (Wildman–Crippen MR) is 85.1 cm³/mol. The number of amidine groups is 1. The number of aromatic hydroxyl groups is 1. The van der Waals surface area contributed by atoms with Gasteiger partial charge in [-0.15, -0.1) is 5.10 Å². The highest BCUT2D eigenvalue weighted by Gasteiger charge is 1.97. The molecule has 2 aromatic rings. The van der Waals surface area contributed by atoms with Crippen molar-refractivity contribution in [2.75, 3.05) is 0 Å². The second kappa shape index (κ2) is 7.35. The number of hydrogen-bond donors (Lipinski definition) is 2. The number of benzene rings is 2. The van der Waals surface area contributed by atoms with Crippen LogP contribution < -0.4 is 5.73 Å². The molecule has 4 nitrogen and oxygen atoms in total. The predicted octanol–water partition coefficient (Wildman–Crippen LogP) is 2.97. The first kappa shape index (κ1) is 14.1. The first-order valence-corrected chi connectivity index (χ1v) is 7.05. The summed E-state index contributed by atoms with van der Waals surface area (Å²) in [6.45, 7) is 0. The van der Waals surface area contributed by atoms with E-state index in [4.69, 9.17) is 5.73 Å². The highest BCUT2D eigenvalue weighted by Crippen LogP contribution is 2.13. The number of hydrogen-bond acceptors (Lipinski definition) is 4. The lowest BCUT2D eigenvalue weighted by Crippen LogP contribution is -2.05. The van der Waals surface area contributed by atoms with Crippen LogP contribution in [0.5, 0.6) is 5.75 Å². The van der Waals surface area contributed by atoms with E-state index in [1.807, 2.05) is 36.4 Å². The molecule has 0 amide bonds. The highest BCUT2D eigenvalue weighted by molar-refractivity contribution is 8.13. The Morgan fingerprint density at radius 3 is 2.55 bits per heavy atom. The number of phenols is 1. The van der Waals surface area contributed by atoms with E-state index in [0.717, 1.165) is 5.75 Å². The van der Waals surface area contributed by atoms with Crippen molar-refractivity contribution in [3.8, 4) is 5.75 Å². The van der Waals surface area contributed by atoms with Gasteiger partial charge in [-0.2, -0.15) is 5.10 Å². The molecular formula is C15H15N3OS. The van der Waals surface area contributed by atoms with Crippen LogP contribution in [0.1, 0.15) is 11.1 Å². The summed E-state index contributed by atoms with van der Waals surface area (Å²) in [6.07, 6.45) is 1.48. The van der Waals surface area contributed by atoms with Crippen molar-refractivity contribution >= 4 is 23.1 Å². The molecule has 0 aliphatic heterocycles. The van der Waals surface area contributed by atoms with Gasteiger partial charge >= 0.3 is 0 Å². The summed E-state index contributed by atoms with van der Waals surface area (Å²) in [5, 5.41) is 17.7. The molecule has 0 spiro atoms. The van der Waals surface area contributed by atoms with E-state index in [1.165, 1.54) is 23.5 Å². The molecule has 0 bridgehead atoms. The number of rotatable bonds is 4. The first-order valence-electron chi connectivity index (χ1n) is 6.07. The van der Waals surface area contributed by atoms with Gasteiger partial charge in [0.2, 0.25) is 0 Å². The third-order valence-electron chi connectivity index (χ3n) is 2.52. The summed E-state index contributed by atoms with van der Waals surface area (Å²) in [5.41, 5.74) is 7.55. The van der Waals surface area contributed by atoms with Gasteiger partial charge in [-0.25, -0.2) is 0 Å². The maximum atomic E-state index is 9.55. The smallest absolute Gasteiger partial charge is 0.180 e. The van der Waals surface area contributed by atoms with Crippen molar-refractivity contribution in [2.45, 2.75) is 5.75 Å². The fourth-order valence-electron chi connectivity index (χ4n) is 1.51. The minimum Gasteiger partial charge on any atom is -0.507 e. The van der Waals surface area contributed by atoms with Crippen LogP contribution in [0, 0.1) is 0 Å². The van der Waals surface area contributed by atoms with E-state index >= 15 is 0 Å². The Labute approximate surface area is 122 Å². The first-order chi connectivity index (χ1) is 9.75. The molecule has 102 valence electrons. The van der Waals surface area contributed by atoms with Gasteiger partial charge in [-0.05, 0) is 17.7 Å². The van der Waals surface area contributed by atoms with Crippen LogP contribution in [0.2, 0.25) is 0 Å². The molecule has 0 aromatic heterocycles. The average molecular weight is 285 g/mol. The van der Waals surface area contributed by atoms with Crippen LogP contribution in [-0.4, -0.2) is 16.5 Å². The molecule has 0 saturated heterocycles. The lowest BCUT2D eigenvalue weighted by Gasteiger charge is -1.99. The fourth-order valence-corrected chi connectivity index (χ4v) is 2.12. The van der Waals surface area contributed by atoms with Gasteiger partial charge in [0, 0.05) is 11.3 Å². The van der Waals surface area contributed by atoms with Crippen molar-refractivity contribution in [3.63, 3.8) is 0 Å². The third kappa shape index (κ3) is 4.44. The molecule has 0 fully saturated rings. The van der Waals surface area contributed by atoms with E-state index in [0.29, 0.717) is 10.7 Å². The van der Waals surface area contributed by atoms with E-state index < -0.39 is 0 Å². The number of nitrogens with zero attached hydrogens (tertiary/aromatic N) is 2. The molecule has 20 heavy (non-hydrogen) atoms. The summed E-state index contributed by atoms with van der Waals surface area (Å²) >= 11 is 1.42. The number of thioether (sulfide) groups is 1. The molecule has 3 N–H and O–H groups in total. The monoisotopic (exact) mass is 285 g/mol. The Balaban J connectivity index is 1.89. The normalized spacial score (nSPS) is 11.9. The van der Waals surface area contributed by atoms with Crippen molar-refractivity contribution in [3.05, 3.63) is 65.7 Å². The number of phenolic OH excluding ortho intramolecular Hbond substituents is 1. The Hall–Kier alpha value is -2.27. The van der Waals surface area contributed by atoms with E-state index in [2.05, 4.69) is 10.2 Å². The van der Waals surface area contributed by atoms with Crippen molar-refractivity contribution in [1.29, 1.82) is 0 Å². The second-order valence-corrected chi connectivity index (χ2v) is 5.01. The Morgan fingerprint density at radius 2 is 1.80 bits per heavy atom. The van der Waals surface area contributed by atoms with Gasteiger partial charge < -0.3 is 10.8 Å². The zero-order valence-corrected chi connectivity index (χ0v) is 11.6. The van der Waals surface area contributed by atoms with Crippen LogP contribution in [-0.2, 0) is 5.75 Å².